The SMILES string of the molecule is CCNC(=NCc1nccn1CC(C)C)NC1CCCC(C(=O)NC2CC2)C1.I. The maximum absolute atomic E-state index is 12.4. The molecule has 2 saturated carbocycles. The van der Waals surface area contributed by atoms with Crippen LogP contribution in [0, 0.1) is 11.8 Å². The number of aromatic nitrogens is 2. The van der Waals surface area contributed by atoms with Crippen LogP contribution in [0.15, 0.2) is 17.4 Å². The van der Waals surface area contributed by atoms with Crippen LogP contribution in [0.3, 0.4) is 0 Å². The van der Waals surface area contributed by atoms with Gasteiger partial charge in [-0.3, -0.25) is 4.79 Å². The summed E-state index contributed by atoms with van der Waals surface area (Å²) in [5.74, 6) is 2.74. The number of nitrogens with one attached hydrogen (secondary N) is 3. The number of hydrogen-bond acceptors (Lipinski definition) is 3. The maximum atomic E-state index is 12.4. The van der Waals surface area contributed by atoms with Gasteiger partial charge in [-0.05, 0) is 44.9 Å². The molecule has 0 radical (unpaired) electrons. The van der Waals surface area contributed by atoms with Crippen LogP contribution in [-0.4, -0.2) is 40.0 Å². The van der Waals surface area contributed by atoms with Gasteiger partial charge < -0.3 is 20.5 Å². The third-order valence-electron chi connectivity index (χ3n) is 5.40. The van der Waals surface area contributed by atoms with Crippen LogP contribution in [0.5, 0.6) is 0 Å². The Labute approximate surface area is 191 Å². The highest BCUT2D eigenvalue weighted by Gasteiger charge is 2.31. The summed E-state index contributed by atoms with van der Waals surface area (Å²) in [7, 11) is 0. The molecule has 1 aromatic heterocycles. The second kappa shape index (κ2) is 11.8. The largest absolute Gasteiger partial charge is 0.357 e. The number of hydrogen-bond donors (Lipinski definition) is 3. The number of nitrogens with zero attached hydrogens (tertiary/aromatic N) is 3. The Hall–Kier alpha value is -1.32. The monoisotopic (exact) mass is 516 g/mol. The van der Waals surface area contributed by atoms with Crippen molar-refractivity contribution >= 4 is 35.8 Å². The zero-order chi connectivity index (χ0) is 19.9. The summed E-state index contributed by atoms with van der Waals surface area (Å²) in [5, 5.41) is 10.1. The Morgan fingerprint density at radius 1 is 1.24 bits per heavy atom. The minimum atomic E-state index is 0. The molecule has 0 aliphatic heterocycles. The first-order valence-electron chi connectivity index (χ1n) is 10.9. The topological polar surface area (TPSA) is 83.3 Å². The van der Waals surface area contributed by atoms with Gasteiger partial charge in [-0.15, -0.1) is 24.0 Å². The van der Waals surface area contributed by atoms with E-state index in [4.69, 9.17) is 4.99 Å². The molecule has 29 heavy (non-hydrogen) atoms. The molecule has 0 aromatic carbocycles. The van der Waals surface area contributed by atoms with Crippen molar-refractivity contribution in [2.45, 2.75) is 84.5 Å². The first-order chi connectivity index (χ1) is 13.5. The average Bonchev–Trinajstić information content (AvgIpc) is 3.37. The van der Waals surface area contributed by atoms with Gasteiger partial charge in [0.15, 0.2) is 5.96 Å². The summed E-state index contributed by atoms with van der Waals surface area (Å²) in [6.07, 6.45) is 10.2. The van der Waals surface area contributed by atoms with E-state index in [2.05, 4.69) is 46.3 Å². The number of carbonyl (C=O) groups excluding carboxylic acids is 1. The number of carbonyl (C=O) groups is 1. The van der Waals surface area contributed by atoms with Gasteiger partial charge in [-0.1, -0.05) is 20.3 Å². The normalized spacial score (nSPS) is 22.1. The van der Waals surface area contributed by atoms with Gasteiger partial charge in [0, 0.05) is 43.5 Å². The van der Waals surface area contributed by atoms with E-state index in [0.29, 0.717) is 18.5 Å². The van der Waals surface area contributed by atoms with Crippen molar-refractivity contribution in [1.82, 2.24) is 25.5 Å². The average molecular weight is 516 g/mol. The number of aliphatic imine (C=N–C) groups is 1. The Morgan fingerprint density at radius 3 is 2.72 bits per heavy atom. The quantitative estimate of drug-likeness (QED) is 0.282. The van der Waals surface area contributed by atoms with E-state index in [-0.39, 0.29) is 41.8 Å². The van der Waals surface area contributed by atoms with Crippen molar-refractivity contribution in [2.24, 2.45) is 16.8 Å². The Kier molecular flexibility index (Phi) is 9.71. The molecule has 8 heteroatoms. The summed E-state index contributed by atoms with van der Waals surface area (Å²) in [5.41, 5.74) is 0. The molecule has 1 aromatic rings. The lowest BCUT2D eigenvalue weighted by Gasteiger charge is -2.30. The standard InChI is InChI=1S/C21H36N6O.HI/c1-4-22-21(24-13-19-23-10-11-27(19)14-15(2)3)26-18-7-5-6-16(12-18)20(28)25-17-8-9-17;/h10-11,15-18H,4-9,12-14H2,1-3H3,(H,25,28)(H2,22,24,26);1H. The zero-order valence-electron chi connectivity index (χ0n) is 18.0. The van der Waals surface area contributed by atoms with Gasteiger partial charge >= 0.3 is 0 Å². The van der Waals surface area contributed by atoms with Crippen molar-refractivity contribution in [1.29, 1.82) is 0 Å². The fraction of sp³-hybridized carbons (Fsp3) is 0.762. The van der Waals surface area contributed by atoms with Crippen molar-refractivity contribution < 1.29 is 4.79 Å². The molecule has 2 aliphatic carbocycles. The second-order valence-electron chi connectivity index (χ2n) is 8.57. The minimum absolute atomic E-state index is 0. The van der Waals surface area contributed by atoms with E-state index >= 15 is 0 Å². The van der Waals surface area contributed by atoms with Crippen LogP contribution in [0.1, 0.15) is 65.1 Å². The fourth-order valence-electron chi connectivity index (χ4n) is 3.82. The van der Waals surface area contributed by atoms with Crippen LogP contribution in [0.25, 0.3) is 0 Å². The van der Waals surface area contributed by atoms with Gasteiger partial charge in [0.2, 0.25) is 5.91 Å². The smallest absolute Gasteiger partial charge is 0.223 e. The summed E-state index contributed by atoms with van der Waals surface area (Å²) in [6, 6.07) is 0.728. The third-order valence-corrected chi connectivity index (χ3v) is 5.40. The Morgan fingerprint density at radius 2 is 2.03 bits per heavy atom. The second-order valence-corrected chi connectivity index (χ2v) is 8.57. The minimum Gasteiger partial charge on any atom is -0.357 e. The first kappa shape index (κ1) is 24.0. The van der Waals surface area contributed by atoms with E-state index in [0.717, 1.165) is 63.4 Å². The molecule has 1 amide bonds. The summed E-state index contributed by atoms with van der Waals surface area (Å²) < 4.78 is 2.18. The molecule has 0 bridgehead atoms. The molecule has 7 nitrogen and oxygen atoms in total. The molecule has 0 saturated heterocycles. The molecule has 2 unspecified atom stereocenters. The molecular weight excluding hydrogens is 479 g/mol. The number of rotatable bonds is 8. The van der Waals surface area contributed by atoms with Crippen molar-refractivity contribution in [2.75, 3.05) is 6.54 Å². The van der Waals surface area contributed by atoms with Crippen LogP contribution in [0.2, 0.25) is 0 Å². The zero-order valence-corrected chi connectivity index (χ0v) is 20.3. The van der Waals surface area contributed by atoms with E-state index < -0.39 is 0 Å². The van der Waals surface area contributed by atoms with Crippen LogP contribution >= 0.6 is 24.0 Å². The molecular formula is C21H37IN6O. The number of amides is 1. The summed E-state index contributed by atoms with van der Waals surface area (Å²) in [6.45, 7) is 8.80. The molecule has 1 heterocycles. The summed E-state index contributed by atoms with van der Waals surface area (Å²) >= 11 is 0. The van der Waals surface area contributed by atoms with E-state index in [9.17, 15) is 4.79 Å². The maximum Gasteiger partial charge on any atom is 0.223 e. The van der Waals surface area contributed by atoms with Gasteiger partial charge in [0.1, 0.15) is 12.4 Å². The first-order valence-corrected chi connectivity index (χ1v) is 10.9. The Bertz CT molecular complexity index is 670. The third kappa shape index (κ3) is 7.79. The highest BCUT2D eigenvalue weighted by Crippen LogP contribution is 2.26. The predicted octanol–water partition coefficient (Wildman–Crippen LogP) is 3.05. The fourth-order valence-corrected chi connectivity index (χ4v) is 3.82. The molecule has 2 fully saturated rings. The highest BCUT2D eigenvalue weighted by atomic mass is 127. The lowest BCUT2D eigenvalue weighted by atomic mass is 9.85. The van der Waals surface area contributed by atoms with Gasteiger partial charge in [0.05, 0.1) is 0 Å². The van der Waals surface area contributed by atoms with Gasteiger partial charge in [-0.25, -0.2) is 9.98 Å². The predicted molar refractivity (Wildman–Crippen MR) is 127 cm³/mol. The van der Waals surface area contributed by atoms with Crippen LogP contribution < -0.4 is 16.0 Å². The molecule has 0 spiro atoms. The Balaban J connectivity index is 0.00000300. The van der Waals surface area contributed by atoms with E-state index in [1.54, 1.807) is 0 Å². The van der Waals surface area contributed by atoms with Gasteiger partial charge in [0.25, 0.3) is 0 Å². The van der Waals surface area contributed by atoms with Crippen LogP contribution in [0.4, 0.5) is 0 Å². The van der Waals surface area contributed by atoms with E-state index in [1.807, 2.05) is 12.4 Å². The van der Waals surface area contributed by atoms with Gasteiger partial charge in [-0.2, -0.15) is 0 Å². The van der Waals surface area contributed by atoms with Crippen LogP contribution in [-0.2, 0) is 17.9 Å². The molecule has 164 valence electrons. The highest BCUT2D eigenvalue weighted by molar-refractivity contribution is 14.0. The lowest BCUT2D eigenvalue weighted by Crippen LogP contribution is -2.47. The van der Waals surface area contributed by atoms with Crippen molar-refractivity contribution in [3.05, 3.63) is 18.2 Å². The molecule has 2 aliphatic rings. The number of guanidine groups is 1. The molecule has 3 N–H and O–H groups in total. The lowest BCUT2D eigenvalue weighted by molar-refractivity contribution is -0.126. The van der Waals surface area contributed by atoms with Crippen molar-refractivity contribution in [3.8, 4) is 0 Å². The number of imidazole rings is 1. The summed E-state index contributed by atoms with van der Waals surface area (Å²) in [4.78, 5) is 21.6. The molecule has 2 atom stereocenters. The molecule has 3 rings (SSSR count). The van der Waals surface area contributed by atoms with E-state index in [1.165, 1.54) is 0 Å². The van der Waals surface area contributed by atoms with Crippen molar-refractivity contribution in [3.63, 3.8) is 0 Å². The number of halogens is 1.